The highest BCUT2D eigenvalue weighted by atomic mass is 35.5. The maximum Gasteiger partial charge on any atom is 0.264 e. The lowest BCUT2D eigenvalue weighted by Gasteiger charge is -2.25. The highest BCUT2D eigenvalue weighted by Crippen LogP contribution is 2.30. The Bertz CT molecular complexity index is 1090. The van der Waals surface area contributed by atoms with E-state index in [1.54, 1.807) is 48.5 Å². The number of anilines is 1. The second-order valence-electron chi connectivity index (χ2n) is 5.92. The van der Waals surface area contributed by atoms with Crippen LogP contribution < -0.4 is 9.04 Å². The van der Waals surface area contributed by atoms with Gasteiger partial charge in [-0.25, -0.2) is 12.8 Å². The van der Waals surface area contributed by atoms with E-state index in [-0.39, 0.29) is 16.5 Å². The van der Waals surface area contributed by atoms with E-state index in [1.807, 2.05) is 0 Å². The summed E-state index contributed by atoms with van der Waals surface area (Å²) in [5.74, 6) is -0.0971. The molecular weight excluding hydrogens is 424 g/mol. The molecule has 0 aromatic heterocycles. The van der Waals surface area contributed by atoms with Crippen LogP contribution in [0.3, 0.4) is 0 Å². The average Bonchev–Trinajstić information content (AvgIpc) is 2.68. The molecule has 0 aliphatic carbocycles. The number of nitrogens with zero attached hydrogens (tertiary/aromatic N) is 1. The van der Waals surface area contributed by atoms with Crippen LogP contribution in [0.1, 0.15) is 5.56 Å². The predicted molar refractivity (Wildman–Crippen MR) is 109 cm³/mol. The van der Waals surface area contributed by atoms with Gasteiger partial charge in [-0.2, -0.15) is 0 Å². The molecule has 0 aliphatic heterocycles. The van der Waals surface area contributed by atoms with Crippen LogP contribution in [0.15, 0.2) is 71.6 Å². The van der Waals surface area contributed by atoms with Crippen LogP contribution in [0, 0.1) is 5.82 Å². The van der Waals surface area contributed by atoms with E-state index in [9.17, 15) is 12.8 Å². The molecule has 0 bridgehead atoms. The molecule has 0 atom stereocenters. The van der Waals surface area contributed by atoms with Gasteiger partial charge in [0.15, 0.2) is 0 Å². The fraction of sp³-hybridized carbons (Fsp3) is 0.100. The second kappa shape index (κ2) is 8.39. The Kier molecular flexibility index (Phi) is 6.13. The number of hydrogen-bond donors (Lipinski definition) is 0. The summed E-state index contributed by atoms with van der Waals surface area (Å²) in [5.41, 5.74) is 1.11. The summed E-state index contributed by atoms with van der Waals surface area (Å²) in [4.78, 5) is -0.114. The van der Waals surface area contributed by atoms with E-state index < -0.39 is 15.8 Å². The van der Waals surface area contributed by atoms with E-state index in [0.717, 1.165) is 12.1 Å². The number of benzene rings is 3. The van der Waals surface area contributed by atoms with Crippen molar-refractivity contribution in [2.45, 2.75) is 11.4 Å². The maximum absolute atomic E-state index is 13.5. The molecule has 0 heterocycles. The molecule has 0 saturated carbocycles. The third-order valence-corrected chi connectivity index (χ3v) is 6.35. The molecule has 0 radical (unpaired) electrons. The van der Waals surface area contributed by atoms with Gasteiger partial charge >= 0.3 is 0 Å². The van der Waals surface area contributed by atoms with Crippen molar-refractivity contribution in [2.75, 3.05) is 11.4 Å². The van der Waals surface area contributed by atoms with E-state index in [2.05, 4.69) is 0 Å². The Balaban J connectivity index is 2.09. The lowest BCUT2D eigenvalue weighted by atomic mass is 10.2. The van der Waals surface area contributed by atoms with Crippen molar-refractivity contribution < 1.29 is 17.5 Å². The summed E-state index contributed by atoms with van der Waals surface area (Å²) in [5, 5.41) is 0.230. The topological polar surface area (TPSA) is 46.6 Å². The van der Waals surface area contributed by atoms with Crippen molar-refractivity contribution >= 4 is 38.9 Å². The average molecular weight is 440 g/mol. The Morgan fingerprint density at radius 1 is 1.00 bits per heavy atom. The Labute approximate surface area is 173 Å². The first-order chi connectivity index (χ1) is 13.3. The molecule has 0 amide bonds. The fourth-order valence-corrected chi connectivity index (χ4v) is 4.57. The van der Waals surface area contributed by atoms with E-state index in [1.165, 1.54) is 17.5 Å². The van der Waals surface area contributed by atoms with Crippen molar-refractivity contribution in [1.29, 1.82) is 0 Å². The van der Waals surface area contributed by atoms with E-state index in [0.29, 0.717) is 22.0 Å². The van der Waals surface area contributed by atoms with Crippen molar-refractivity contribution in [3.8, 4) is 5.75 Å². The zero-order chi connectivity index (χ0) is 20.3. The summed E-state index contributed by atoms with van der Waals surface area (Å²) in [6.07, 6.45) is 0. The molecule has 3 aromatic rings. The number of ether oxygens (including phenoxy) is 1. The first kappa shape index (κ1) is 20.5. The monoisotopic (exact) mass is 439 g/mol. The SMILES string of the molecule is COc1ccc(N(Cc2cccc(Cl)c2)S(=O)(=O)c2ccc(F)c(Cl)c2)cc1. The molecule has 3 rings (SSSR count). The first-order valence-electron chi connectivity index (χ1n) is 8.17. The largest absolute Gasteiger partial charge is 0.497 e. The van der Waals surface area contributed by atoms with Crippen LogP contribution in [0.2, 0.25) is 10.0 Å². The summed E-state index contributed by atoms with van der Waals surface area (Å²) in [6.45, 7) is 0.0320. The van der Waals surface area contributed by atoms with Gasteiger partial charge in [0.25, 0.3) is 10.0 Å². The standard InChI is InChI=1S/C20H16Cl2FNO3S/c1-27-17-7-5-16(6-8-17)24(13-14-3-2-4-15(21)11-14)28(25,26)18-9-10-20(23)19(22)12-18/h2-12H,13H2,1H3. The van der Waals surface area contributed by atoms with Gasteiger partial charge in [0.05, 0.1) is 29.3 Å². The number of halogens is 3. The van der Waals surface area contributed by atoms with Crippen molar-refractivity contribution in [2.24, 2.45) is 0 Å². The molecule has 146 valence electrons. The van der Waals surface area contributed by atoms with Crippen LogP contribution in [-0.2, 0) is 16.6 Å². The van der Waals surface area contributed by atoms with Gasteiger partial charge in [0, 0.05) is 5.02 Å². The lowest BCUT2D eigenvalue weighted by molar-refractivity contribution is 0.415. The fourth-order valence-electron chi connectivity index (χ4n) is 2.63. The molecule has 0 saturated heterocycles. The highest BCUT2D eigenvalue weighted by molar-refractivity contribution is 7.92. The van der Waals surface area contributed by atoms with Gasteiger partial charge in [0.1, 0.15) is 11.6 Å². The van der Waals surface area contributed by atoms with Gasteiger partial charge in [-0.1, -0.05) is 35.3 Å². The van der Waals surface area contributed by atoms with Crippen LogP contribution >= 0.6 is 23.2 Å². The number of methoxy groups -OCH3 is 1. The molecule has 3 aromatic carbocycles. The van der Waals surface area contributed by atoms with E-state index >= 15 is 0 Å². The maximum atomic E-state index is 13.5. The van der Waals surface area contributed by atoms with Crippen LogP contribution in [-0.4, -0.2) is 15.5 Å². The van der Waals surface area contributed by atoms with Crippen molar-refractivity contribution in [1.82, 2.24) is 0 Å². The van der Waals surface area contributed by atoms with Gasteiger partial charge in [-0.3, -0.25) is 4.31 Å². The van der Waals surface area contributed by atoms with Gasteiger partial charge < -0.3 is 4.74 Å². The quantitative estimate of drug-likeness (QED) is 0.506. The Morgan fingerprint density at radius 2 is 1.71 bits per heavy atom. The lowest BCUT2D eigenvalue weighted by Crippen LogP contribution is -2.30. The molecule has 0 aliphatic rings. The molecular formula is C20H16Cl2FNO3S. The van der Waals surface area contributed by atoms with Crippen LogP contribution in [0.5, 0.6) is 5.75 Å². The highest BCUT2D eigenvalue weighted by Gasteiger charge is 2.26. The van der Waals surface area contributed by atoms with E-state index in [4.69, 9.17) is 27.9 Å². The minimum absolute atomic E-state index is 0.0320. The van der Waals surface area contributed by atoms with Gasteiger partial charge in [-0.15, -0.1) is 0 Å². The minimum Gasteiger partial charge on any atom is -0.497 e. The molecule has 0 unspecified atom stereocenters. The first-order valence-corrected chi connectivity index (χ1v) is 10.4. The molecule has 28 heavy (non-hydrogen) atoms. The summed E-state index contributed by atoms with van der Waals surface area (Å²) in [6, 6.07) is 16.8. The number of hydrogen-bond acceptors (Lipinski definition) is 3. The van der Waals surface area contributed by atoms with Gasteiger partial charge in [-0.05, 0) is 60.2 Å². The Hall–Kier alpha value is -2.28. The van der Waals surface area contributed by atoms with Gasteiger partial charge in [0.2, 0.25) is 0 Å². The smallest absolute Gasteiger partial charge is 0.264 e. The minimum atomic E-state index is -4.03. The van der Waals surface area contributed by atoms with Crippen LogP contribution in [0.25, 0.3) is 0 Å². The molecule has 0 fully saturated rings. The summed E-state index contributed by atoms with van der Waals surface area (Å²) >= 11 is 11.8. The number of rotatable bonds is 6. The zero-order valence-corrected chi connectivity index (χ0v) is 17.1. The molecule has 4 nitrogen and oxygen atoms in total. The van der Waals surface area contributed by atoms with Crippen molar-refractivity contribution in [3.63, 3.8) is 0 Å². The third-order valence-electron chi connectivity index (χ3n) is 4.05. The second-order valence-corrected chi connectivity index (χ2v) is 8.62. The third kappa shape index (κ3) is 4.41. The summed E-state index contributed by atoms with van der Waals surface area (Å²) < 4.78 is 46.5. The Morgan fingerprint density at radius 3 is 2.32 bits per heavy atom. The summed E-state index contributed by atoms with van der Waals surface area (Å²) in [7, 11) is -2.50. The zero-order valence-electron chi connectivity index (χ0n) is 14.8. The van der Waals surface area contributed by atoms with Crippen LogP contribution in [0.4, 0.5) is 10.1 Å². The molecule has 8 heteroatoms. The predicted octanol–water partition coefficient (Wildman–Crippen LogP) is 5.54. The molecule has 0 spiro atoms. The molecule has 0 N–H and O–H groups in total. The van der Waals surface area contributed by atoms with Crippen molar-refractivity contribution in [3.05, 3.63) is 88.2 Å². The number of sulfonamides is 1. The normalized spacial score (nSPS) is 11.3.